The van der Waals surface area contributed by atoms with Crippen LogP contribution in [0.1, 0.15) is 57.1 Å². The van der Waals surface area contributed by atoms with Gasteiger partial charge in [-0.25, -0.2) is 15.0 Å². The molecule has 5 aromatic carbocycles. The molecule has 240 valence electrons. The fraction of sp³-hybridized carbons (Fsp3) is 0.244. The SMILES string of the molecule is C[C@@H]1C[C@@H]2C[C@H](C)CC(c3ccc(-c4ccc(-c5nc(-c6ccccc6)nc(-c6ccc(C#N)cc6)n5)cc4)c(-c4ccccc4)c3)(C1)C2. The minimum atomic E-state index is 0.272. The smallest absolute Gasteiger partial charge is 0.164 e. The highest BCUT2D eigenvalue weighted by molar-refractivity contribution is 5.85. The molecule has 0 saturated heterocycles. The van der Waals surface area contributed by atoms with Gasteiger partial charge >= 0.3 is 0 Å². The Morgan fingerprint density at radius 1 is 0.531 bits per heavy atom. The molecule has 6 aromatic rings. The van der Waals surface area contributed by atoms with Crippen molar-refractivity contribution in [2.75, 3.05) is 0 Å². The van der Waals surface area contributed by atoms with Gasteiger partial charge in [0, 0.05) is 16.7 Å². The Bertz CT molecular complexity index is 2110. The molecule has 2 saturated carbocycles. The third-order valence-electron chi connectivity index (χ3n) is 10.7. The Hall–Kier alpha value is -5.40. The van der Waals surface area contributed by atoms with Gasteiger partial charge in [-0.15, -0.1) is 0 Å². The lowest BCUT2D eigenvalue weighted by atomic mass is 9.54. The van der Waals surface area contributed by atoms with E-state index in [1.165, 1.54) is 59.9 Å². The van der Waals surface area contributed by atoms with Crippen LogP contribution in [-0.2, 0) is 5.41 Å². The highest BCUT2D eigenvalue weighted by atomic mass is 15.0. The van der Waals surface area contributed by atoms with E-state index in [2.05, 4.69) is 92.7 Å². The summed E-state index contributed by atoms with van der Waals surface area (Å²) in [4.78, 5) is 14.7. The molecule has 0 spiro atoms. The second kappa shape index (κ2) is 12.9. The fourth-order valence-electron chi connectivity index (χ4n) is 8.88. The molecule has 4 heteroatoms. The van der Waals surface area contributed by atoms with Crippen LogP contribution in [0.15, 0.2) is 127 Å². The average Bonchev–Trinajstić information content (AvgIpc) is 3.14. The molecule has 49 heavy (non-hydrogen) atoms. The summed E-state index contributed by atoms with van der Waals surface area (Å²) in [6, 6.07) is 46.4. The van der Waals surface area contributed by atoms with Crippen LogP contribution in [0.2, 0.25) is 0 Å². The zero-order valence-corrected chi connectivity index (χ0v) is 28.2. The van der Waals surface area contributed by atoms with Crippen molar-refractivity contribution in [3.05, 3.63) is 139 Å². The molecule has 0 aliphatic heterocycles. The van der Waals surface area contributed by atoms with E-state index in [1.54, 1.807) is 12.1 Å². The molecule has 1 heterocycles. The van der Waals surface area contributed by atoms with Crippen molar-refractivity contribution < 1.29 is 0 Å². The molecule has 4 nitrogen and oxygen atoms in total. The number of rotatable bonds is 6. The lowest BCUT2D eigenvalue weighted by molar-refractivity contribution is 0.0781. The molecular weight excluding hydrogens is 597 g/mol. The highest BCUT2D eigenvalue weighted by Crippen LogP contribution is 2.54. The minimum Gasteiger partial charge on any atom is -0.208 e. The van der Waals surface area contributed by atoms with Crippen LogP contribution in [0, 0.1) is 29.1 Å². The molecule has 4 atom stereocenters. The predicted molar refractivity (Wildman–Crippen MR) is 198 cm³/mol. The van der Waals surface area contributed by atoms with Gasteiger partial charge in [-0.3, -0.25) is 0 Å². The van der Waals surface area contributed by atoms with E-state index in [4.69, 9.17) is 15.0 Å². The maximum absolute atomic E-state index is 9.31. The molecule has 2 fully saturated rings. The zero-order chi connectivity index (χ0) is 33.4. The van der Waals surface area contributed by atoms with Gasteiger partial charge < -0.3 is 0 Å². The molecule has 1 aromatic heterocycles. The van der Waals surface area contributed by atoms with Crippen LogP contribution in [-0.4, -0.2) is 15.0 Å². The first-order valence-electron chi connectivity index (χ1n) is 17.6. The third-order valence-corrected chi connectivity index (χ3v) is 10.7. The Labute approximate surface area is 289 Å². The summed E-state index contributed by atoms with van der Waals surface area (Å²) in [5.74, 6) is 4.20. The maximum atomic E-state index is 9.31. The quantitative estimate of drug-likeness (QED) is 0.182. The number of nitriles is 1. The number of hydrogen-bond donors (Lipinski definition) is 0. The number of hydrogen-bond acceptors (Lipinski definition) is 4. The summed E-state index contributed by atoms with van der Waals surface area (Å²) in [7, 11) is 0. The van der Waals surface area contributed by atoms with E-state index >= 15 is 0 Å². The predicted octanol–water partition coefficient (Wildman–Crippen LogP) is 11.2. The molecule has 8 rings (SSSR count). The van der Waals surface area contributed by atoms with Gasteiger partial charge in [0.2, 0.25) is 0 Å². The van der Waals surface area contributed by atoms with E-state index in [1.807, 2.05) is 42.5 Å². The van der Waals surface area contributed by atoms with Gasteiger partial charge in [0.25, 0.3) is 0 Å². The van der Waals surface area contributed by atoms with Crippen molar-refractivity contribution in [2.45, 2.75) is 51.4 Å². The second-order valence-electron chi connectivity index (χ2n) is 14.5. The first-order chi connectivity index (χ1) is 24.0. The van der Waals surface area contributed by atoms with Crippen LogP contribution < -0.4 is 0 Å². The van der Waals surface area contributed by atoms with E-state index < -0.39 is 0 Å². The van der Waals surface area contributed by atoms with E-state index in [0.717, 1.165) is 34.4 Å². The lowest BCUT2D eigenvalue weighted by Gasteiger charge is -2.50. The number of aromatic nitrogens is 3. The maximum Gasteiger partial charge on any atom is 0.164 e. The molecule has 2 aliphatic rings. The molecule has 1 unspecified atom stereocenters. The first kappa shape index (κ1) is 30.9. The van der Waals surface area contributed by atoms with Crippen LogP contribution in [0.25, 0.3) is 56.4 Å². The van der Waals surface area contributed by atoms with E-state index in [-0.39, 0.29) is 5.41 Å². The monoisotopic (exact) mass is 636 g/mol. The van der Waals surface area contributed by atoms with Crippen LogP contribution >= 0.6 is 0 Å². The van der Waals surface area contributed by atoms with Crippen LogP contribution in [0.3, 0.4) is 0 Å². The Morgan fingerprint density at radius 2 is 1.00 bits per heavy atom. The van der Waals surface area contributed by atoms with Gasteiger partial charge in [-0.05, 0) is 113 Å². The lowest BCUT2D eigenvalue weighted by Crippen LogP contribution is -2.42. The largest absolute Gasteiger partial charge is 0.208 e. The van der Waals surface area contributed by atoms with Crippen molar-refractivity contribution in [1.82, 2.24) is 15.0 Å². The molecular formula is C45H40N4. The second-order valence-corrected chi connectivity index (χ2v) is 14.5. The number of nitrogens with zero attached hydrogens (tertiary/aromatic N) is 4. The Balaban J connectivity index is 1.19. The van der Waals surface area contributed by atoms with Gasteiger partial charge in [-0.2, -0.15) is 5.26 Å². The summed E-state index contributed by atoms with van der Waals surface area (Å²) < 4.78 is 0. The fourth-order valence-corrected chi connectivity index (χ4v) is 8.88. The van der Waals surface area contributed by atoms with Crippen LogP contribution in [0.5, 0.6) is 0 Å². The summed E-state index contributed by atoms with van der Waals surface area (Å²) in [6.07, 6.45) is 6.66. The third kappa shape index (κ3) is 6.18. The van der Waals surface area contributed by atoms with Crippen molar-refractivity contribution in [1.29, 1.82) is 5.26 Å². The molecule has 2 bridgehead atoms. The molecule has 2 aliphatic carbocycles. The summed E-state index contributed by atoms with van der Waals surface area (Å²) >= 11 is 0. The standard InChI is InChI=1S/C45H40N4/c1-30-23-33-24-31(2)27-45(26-30,28-33)39-21-22-40(41(25-39)34-9-5-3-6-10-34)35-17-19-38(20-18-35)44-48-42(36-11-7-4-8-12-36)47-43(49-44)37-15-13-32(29-46)14-16-37/h3-22,25,30-31,33H,23-24,26-28H2,1-2H3/t30-,31+,33-,45?. The van der Waals surface area contributed by atoms with Crippen molar-refractivity contribution in [3.8, 4) is 62.5 Å². The Morgan fingerprint density at radius 3 is 1.55 bits per heavy atom. The average molecular weight is 637 g/mol. The van der Waals surface area contributed by atoms with Gasteiger partial charge in [-0.1, -0.05) is 111 Å². The first-order valence-corrected chi connectivity index (χ1v) is 17.6. The van der Waals surface area contributed by atoms with E-state index in [0.29, 0.717) is 23.0 Å². The minimum absolute atomic E-state index is 0.272. The zero-order valence-electron chi connectivity index (χ0n) is 28.2. The van der Waals surface area contributed by atoms with Crippen molar-refractivity contribution in [2.24, 2.45) is 17.8 Å². The molecule has 0 amide bonds. The number of benzene rings is 5. The van der Waals surface area contributed by atoms with Crippen molar-refractivity contribution in [3.63, 3.8) is 0 Å². The van der Waals surface area contributed by atoms with Gasteiger partial charge in [0.05, 0.1) is 11.6 Å². The van der Waals surface area contributed by atoms with Gasteiger partial charge in [0.1, 0.15) is 0 Å². The summed E-state index contributed by atoms with van der Waals surface area (Å²) in [5, 5.41) is 9.31. The summed E-state index contributed by atoms with van der Waals surface area (Å²) in [5.41, 5.74) is 10.0. The van der Waals surface area contributed by atoms with Gasteiger partial charge in [0.15, 0.2) is 17.5 Å². The van der Waals surface area contributed by atoms with Crippen molar-refractivity contribution >= 4 is 0 Å². The molecule has 0 N–H and O–H groups in total. The Kier molecular flexibility index (Phi) is 8.14. The highest BCUT2D eigenvalue weighted by Gasteiger charge is 2.45. The summed E-state index contributed by atoms with van der Waals surface area (Å²) in [6.45, 7) is 4.93. The topological polar surface area (TPSA) is 62.5 Å². The number of fused-ring (bicyclic) bond motifs is 2. The molecule has 0 radical (unpaired) electrons. The van der Waals surface area contributed by atoms with E-state index in [9.17, 15) is 5.26 Å². The van der Waals surface area contributed by atoms with Crippen LogP contribution in [0.4, 0.5) is 0 Å². The normalized spacial score (nSPS) is 21.5.